The smallest absolute Gasteiger partial charge is 0.312 e. The molecule has 2 aromatic heterocycles. The van der Waals surface area contributed by atoms with Gasteiger partial charge in [-0.05, 0) is 11.1 Å². The molecule has 0 bridgehead atoms. The Morgan fingerprint density at radius 3 is 2.85 bits per heavy atom. The Balaban J connectivity index is 2.02. The third-order valence-corrected chi connectivity index (χ3v) is 3.61. The molecule has 102 valence electrons. The van der Waals surface area contributed by atoms with Crippen LogP contribution in [-0.2, 0) is 11.9 Å². The van der Waals surface area contributed by atoms with Crippen LogP contribution in [0.25, 0.3) is 11.2 Å². The van der Waals surface area contributed by atoms with Crippen molar-refractivity contribution in [1.82, 2.24) is 19.5 Å². The van der Waals surface area contributed by atoms with Gasteiger partial charge in [0.2, 0.25) is 0 Å². The van der Waals surface area contributed by atoms with Crippen molar-refractivity contribution in [3.63, 3.8) is 0 Å². The number of anilines is 1. The Bertz CT molecular complexity index is 771. The van der Waals surface area contributed by atoms with E-state index in [1.54, 1.807) is 10.9 Å². The number of alkyl halides is 1. The maximum Gasteiger partial charge on any atom is 0.312 e. The molecule has 0 saturated heterocycles. The van der Waals surface area contributed by atoms with E-state index in [4.69, 9.17) is 5.73 Å². The molecule has 0 spiro atoms. The van der Waals surface area contributed by atoms with Crippen LogP contribution in [0.5, 0.6) is 0 Å². The van der Waals surface area contributed by atoms with Gasteiger partial charge in [-0.15, -0.1) is 0 Å². The summed E-state index contributed by atoms with van der Waals surface area (Å²) in [6.45, 7) is 0.549. The van der Waals surface area contributed by atoms with Crippen molar-refractivity contribution in [1.29, 1.82) is 0 Å². The minimum Gasteiger partial charge on any atom is -0.382 e. The molecule has 3 aromatic rings. The number of aromatic nitrogens is 4. The van der Waals surface area contributed by atoms with Crippen LogP contribution in [-0.4, -0.2) is 19.5 Å². The second-order valence-corrected chi connectivity index (χ2v) is 4.94. The zero-order valence-corrected chi connectivity index (χ0v) is 12.0. The molecule has 0 saturated carbocycles. The first-order chi connectivity index (χ1) is 9.67. The van der Waals surface area contributed by atoms with E-state index in [0.29, 0.717) is 17.7 Å². The van der Waals surface area contributed by atoms with Crippen molar-refractivity contribution >= 4 is 32.9 Å². The first-order valence-corrected chi connectivity index (χ1v) is 7.07. The summed E-state index contributed by atoms with van der Waals surface area (Å²) in [5.41, 5.74) is 8.71. The van der Waals surface area contributed by atoms with Gasteiger partial charge in [-0.25, -0.2) is 4.98 Å². The third kappa shape index (κ3) is 2.36. The van der Waals surface area contributed by atoms with Crippen molar-refractivity contribution in [2.24, 2.45) is 0 Å². The van der Waals surface area contributed by atoms with Crippen LogP contribution in [0.15, 0.2) is 30.6 Å². The number of halogens is 2. The van der Waals surface area contributed by atoms with Crippen LogP contribution >= 0.6 is 15.9 Å². The summed E-state index contributed by atoms with van der Waals surface area (Å²) in [6.07, 6.45) is 0.752. The average Bonchev–Trinajstić information content (AvgIpc) is 2.82. The highest BCUT2D eigenvalue weighted by Crippen LogP contribution is 2.17. The van der Waals surface area contributed by atoms with Gasteiger partial charge in [0.15, 0.2) is 11.5 Å². The molecule has 2 N–H and O–H groups in total. The minimum absolute atomic E-state index is 0.0560. The predicted octanol–water partition coefficient (Wildman–Crippen LogP) is 2.49. The Hall–Kier alpha value is -2.02. The summed E-state index contributed by atoms with van der Waals surface area (Å²) < 4.78 is 15.0. The van der Waals surface area contributed by atoms with E-state index in [-0.39, 0.29) is 5.82 Å². The number of rotatable bonds is 3. The lowest BCUT2D eigenvalue weighted by Crippen LogP contribution is -2.03. The van der Waals surface area contributed by atoms with Crippen LogP contribution < -0.4 is 5.73 Å². The van der Waals surface area contributed by atoms with Crippen molar-refractivity contribution in [3.05, 3.63) is 47.8 Å². The van der Waals surface area contributed by atoms with Crippen LogP contribution in [0.4, 0.5) is 10.2 Å². The molecule has 0 radical (unpaired) electrons. The van der Waals surface area contributed by atoms with Gasteiger partial charge in [-0.2, -0.15) is 14.4 Å². The maximum atomic E-state index is 13.3. The van der Waals surface area contributed by atoms with E-state index in [2.05, 4.69) is 36.9 Å². The highest BCUT2D eigenvalue weighted by Gasteiger charge is 2.11. The summed E-state index contributed by atoms with van der Waals surface area (Å²) >= 11 is 3.42. The zero-order chi connectivity index (χ0) is 14.1. The fourth-order valence-electron chi connectivity index (χ4n) is 2.06. The number of hydrogen-bond acceptors (Lipinski definition) is 4. The Labute approximate surface area is 122 Å². The number of nitrogen functional groups attached to an aromatic ring is 1. The fourth-order valence-corrected chi connectivity index (χ4v) is 2.41. The van der Waals surface area contributed by atoms with Crippen LogP contribution in [0.2, 0.25) is 0 Å². The van der Waals surface area contributed by atoms with Gasteiger partial charge >= 0.3 is 6.08 Å². The minimum atomic E-state index is -0.842. The Morgan fingerprint density at radius 2 is 2.05 bits per heavy atom. The SMILES string of the molecule is Nc1nc(F)nc2c1ncn2Cc1cccc(CBr)c1. The van der Waals surface area contributed by atoms with E-state index in [9.17, 15) is 4.39 Å². The molecule has 0 atom stereocenters. The van der Waals surface area contributed by atoms with Gasteiger partial charge in [-0.1, -0.05) is 40.2 Å². The molecule has 0 amide bonds. The standard InChI is InChI=1S/C13H11BrFN5/c14-5-8-2-1-3-9(4-8)6-20-7-17-10-11(16)18-13(15)19-12(10)20/h1-4,7H,5-6H2,(H2,16,18,19). The second kappa shape index (κ2) is 5.16. The number of nitrogens with two attached hydrogens (primary N) is 1. The third-order valence-electron chi connectivity index (χ3n) is 2.96. The molecule has 3 rings (SSSR count). The Kier molecular flexibility index (Phi) is 3.35. The number of hydrogen-bond donors (Lipinski definition) is 1. The molecule has 0 aliphatic rings. The summed E-state index contributed by atoms with van der Waals surface area (Å²) in [5.74, 6) is 0.0560. The van der Waals surface area contributed by atoms with E-state index in [1.165, 1.54) is 5.56 Å². The highest BCUT2D eigenvalue weighted by molar-refractivity contribution is 9.08. The van der Waals surface area contributed by atoms with Crippen LogP contribution in [0, 0.1) is 6.08 Å². The lowest BCUT2D eigenvalue weighted by atomic mass is 10.1. The molecule has 0 fully saturated rings. The lowest BCUT2D eigenvalue weighted by Gasteiger charge is -2.05. The maximum absolute atomic E-state index is 13.3. The average molecular weight is 336 g/mol. The van der Waals surface area contributed by atoms with Gasteiger partial charge in [0, 0.05) is 5.33 Å². The van der Waals surface area contributed by atoms with Crippen molar-refractivity contribution < 1.29 is 4.39 Å². The quantitative estimate of drug-likeness (QED) is 0.589. The van der Waals surface area contributed by atoms with Crippen molar-refractivity contribution in [2.75, 3.05) is 5.73 Å². The Morgan fingerprint density at radius 1 is 1.25 bits per heavy atom. The summed E-state index contributed by atoms with van der Waals surface area (Å²) in [7, 11) is 0. The topological polar surface area (TPSA) is 69.6 Å². The molecule has 0 aliphatic heterocycles. The highest BCUT2D eigenvalue weighted by atomic mass is 79.9. The number of nitrogens with zero attached hydrogens (tertiary/aromatic N) is 4. The molecular weight excluding hydrogens is 325 g/mol. The normalized spacial score (nSPS) is 11.1. The second-order valence-electron chi connectivity index (χ2n) is 4.38. The van der Waals surface area contributed by atoms with Gasteiger partial charge in [0.1, 0.15) is 5.52 Å². The number of fused-ring (bicyclic) bond motifs is 1. The lowest BCUT2D eigenvalue weighted by molar-refractivity contribution is 0.543. The van der Waals surface area contributed by atoms with Gasteiger partial charge in [0.25, 0.3) is 0 Å². The largest absolute Gasteiger partial charge is 0.382 e. The van der Waals surface area contributed by atoms with E-state index < -0.39 is 6.08 Å². The van der Waals surface area contributed by atoms with Crippen LogP contribution in [0.1, 0.15) is 11.1 Å². The fraction of sp³-hybridized carbons (Fsp3) is 0.154. The van der Waals surface area contributed by atoms with Gasteiger partial charge in [0.05, 0.1) is 12.9 Å². The van der Waals surface area contributed by atoms with E-state index in [1.807, 2.05) is 18.2 Å². The summed E-state index contributed by atoms with van der Waals surface area (Å²) in [6, 6.07) is 8.08. The molecule has 0 unspecified atom stereocenters. The summed E-state index contributed by atoms with van der Waals surface area (Å²) in [4.78, 5) is 11.4. The molecule has 7 heteroatoms. The first kappa shape index (κ1) is 13.0. The van der Waals surface area contributed by atoms with Crippen LogP contribution in [0.3, 0.4) is 0 Å². The number of imidazole rings is 1. The monoisotopic (exact) mass is 335 g/mol. The van der Waals surface area contributed by atoms with Crippen molar-refractivity contribution in [2.45, 2.75) is 11.9 Å². The molecule has 2 heterocycles. The molecule has 0 aliphatic carbocycles. The molecule has 20 heavy (non-hydrogen) atoms. The number of benzene rings is 1. The molecule has 5 nitrogen and oxygen atoms in total. The molecule has 1 aromatic carbocycles. The first-order valence-electron chi connectivity index (χ1n) is 5.95. The predicted molar refractivity (Wildman–Crippen MR) is 77.9 cm³/mol. The van der Waals surface area contributed by atoms with E-state index in [0.717, 1.165) is 10.9 Å². The van der Waals surface area contributed by atoms with Gasteiger partial charge in [-0.3, -0.25) is 0 Å². The van der Waals surface area contributed by atoms with Crippen molar-refractivity contribution in [3.8, 4) is 0 Å². The molecular formula is C13H11BrFN5. The zero-order valence-electron chi connectivity index (χ0n) is 10.4. The van der Waals surface area contributed by atoms with E-state index >= 15 is 0 Å². The summed E-state index contributed by atoms with van der Waals surface area (Å²) in [5, 5.41) is 0.787. The van der Waals surface area contributed by atoms with Gasteiger partial charge < -0.3 is 10.3 Å².